The van der Waals surface area contributed by atoms with Gasteiger partial charge in [-0.15, -0.1) is 0 Å². The lowest BCUT2D eigenvalue weighted by Gasteiger charge is -2.43. The molecule has 0 radical (unpaired) electrons. The number of carbonyl (C=O) groups excluding carboxylic acids is 1. The lowest BCUT2D eigenvalue weighted by molar-refractivity contribution is 0.0476. The van der Waals surface area contributed by atoms with Crippen molar-refractivity contribution in [2.75, 3.05) is 39.3 Å². The zero-order valence-electron chi connectivity index (χ0n) is 10.7. The van der Waals surface area contributed by atoms with E-state index in [1.165, 1.54) is 0 Å². The second-order valence-corrected chi connectivity index (χ2v) is 5.05. The molecule has 3 heterocycles. The van der Waals surface area contributed by atoms with Crippen LogP contribution in [-0.2, 0) is 0 Å². The quantitative estimate of drug-likeness (QED) is 0.820. The maximum absolute atomic E-state index is 12.2. The Balaban J connectivity index is 1.57. The van der Waals surface area contributed by atoms with Gasteiger partial charge in [-0.3, -0.25) is 9.69 Å². The minimum Gasteiger partial charge on any atom is -0.456 e. The predicted molar refractivity (Wildman–Crippen MR) is 67.6 cm³/mol. The average molecular weight is 249 g/mol. The first-order valence-corrected chi connectivity index (χ1v) is 6.54. The van der Waals surface area contributed by atoms with Crippen molar-refractivity contribution >= 4 is 5.91 Å². The van der Waals surface area contributed by atoms with E-state index >= 15 is 0 Å². The Morgan fingerprint density at radius 2 is 2.00 bits per heavy atom. The molecule has 2 saturated heterocycles. The normalized spacial score (nSPS) is 21.9. The van der Waals surface area contributed by atoms with Gasteiger partial charge < -0.3 is 14.6 Å². The Labute approximate surface area is 107 Å². The van der Waals surface area contributed by atoms with Gasteiger partial charge in [0.25, 0.3) is 5.91 Å². The van der Waals surface area contributed by atoms with Crippen molar-refractivity contribution < 1.29 is 9.21 Å². The Bertz CT molecular complexity index is 431. The van der Waals surface area contributed by atoms with Crippen LogP contribution >= 0.6 is 0 Å². The van der Waals surface area contributed by atoms with Crippen molar-refractivity contribution in [2.24, 2.45) is 0 Å². The van der Waals surface area contributed by atoms with Crippen molar-refractivity contribution in [2.45, 2.75) is 13.0 Å². The molecule has 0 saturated carbocycles. The van der Waals surface area contributed by atoms with Crippen molar-refractivity contribution in [3.8, 4) is 0 Å². The van der Waals surface area contributed by atoms with Gasteiger partial charge in [-0.1, -0.05) is 0 Å². The van der Waals surface area contributed by atoms with Crippen LogP contribution in [0.2, 0.25) is 0 Å². The van der Waals surface area contributed by atoms with Crippen LogP contribution in [0.3, 0.4) is 0 Å². The van der Waals surface area contributed by atoms with Gasteiger partial charge >= 0.3 is 0 Å². The summed E-state index contributed by atoms with van der Waals surface area (Å²) in [5.41, 5.74) is 0. The number of hydrogen-bond donors (Lipinski definition) is 1. The molecule has 1 N–H and O–H groups in total. The Hall–Kier alpha value is -1.33. The summed E-state index contributed by atoms with van der Waals surface area (Å²) in [6, 6.07) is 4.27. The van der Waals surface area contributed by atoms with E-state index in [0.29, 0.717) is 11.8 Å². The fourth-order valence-electron chi connectivity index (χ4n) is 2.53. The van der Waals surface area contributed by atoms with Crippen molar-refractivity contribution in [3.63, 3.8) is 0 Å². The largest absolute Gasteiger partial charge is 0.456 e. The van der Waals surface area contributed by atoms with Crippen molar-refractivity contribution in [1.29, 1.82) is 0 Å². The van der Waals surface area contributed by atoms with E-state index in [1.807, 2.05) is 17.9 Å². The second kappa shape index (κ2) is 4.74. The van der Waals surface area contributed by atoms with Crippen molar-refractivity contribution in [1.82, 2.24) is 15.1 Å². The van der Waals surface area contributed by atoms with Crippen LogP contribution in [-0.4, -0.2) is 61.0 Å². The molecular weight excluding hydrogens is 230 g/mol. The summed E-state index contributed by atoms with van der Waals surface area (Å²) in [6.45, 7) is 7.58. The van der Waals surface area contributed by atoms with Crippen LogP contribution < -0.4 is 5.32 Å². The Kier molecular flexibility index (Phi) is 3.09. The van der Waals surface area contributed by atoms with E-state index in [1.54, 1.807) is 6.07 Å². The maximum atomic E-state index is 12.2. The third-order valence-corrected chi connectivity index (χ3v) is 3.83. The van der Waals surface area contributed by atoms with E-state index < -0.39 is 0 Å². The van der Waals surface area contributed by atoms with Crippen LogP contribution in [0.25, 0.3) is 0 Å². The van der Waals surface area contributed by atoms with Crippen LogP contribution in [0.15, 0.2) is 16.5 Å². The number of furan rings is 1. The molecule has 0 spiro atoms. The van der Waals surface area contributed by atoms with E-state index in [2.05, 4.69) is 10.2 Å². The number of carbonyl (C=O) groups is 1. The molecule has 0 bridgehead atoms. The van der Waals surface area contributed by atoms with Gasteiger partial charge in [0.05, 0.1) is 0 Å². The summed E-state index contributed by atoms with van der Waals surface area (Å²) in [4.78, 5) is 16.5. The molecule has 1 aromatic heterocycles. The molecule has 1 amide bonds. The molecule has 98 valence electrons. The molecule has 0 aromatic carbocycles. The summed E-state index contributed by atoms with van der Waals surface area (Å²) in [6.07, 6.45) is 0. The van der Waals surface area contributed by atoms with Gasteiger partial charge in [-0.2, -0.15) is 0 Å². The number of hydrogen-bond acceptors (Lipinski definition) is 4. The Morgan fingerprint density at radius 1 is 1.28 bits per heavy atom. The molecule has 1 aromatic rings. The van der Waals surface area contributed by atoms with E-state index in [0.717, 1.165) is 45.0 Å². The molecule has 2 fully saturated rings. The first-order chi connectivity index (χ1) is 8.74. The van der Waals surface area contributed by atoms with E-state index in [-0.39, 0.29) is 5.91 Å². The zero-order valence-corrected chi connectivity index (χ0v) is 10.7. The molecule has 0 unspecified atom stereocenters. The second-order valence-electron chi connectivity index (χ2n) is 5.05. The van der Waals surface area contributed by atoms with Gasteiger partial charge in [0, 0.05) is 45.3 Å². The minimum absolute atomic E-state index is 0.0227. The number of amides is 1. The van der Waals surface area contributed by atoms with E-state index in [4.69, 9.17) is 4.42 Å². The first kappa shape index (κ1) is 11.7. The molecule has 3 rings (SSSR count). The Morgan fingerprint density at radius 3 is 2.50 bits per heavy atom. The molecule has 2 aliphatic heterocycles. The first-order valence-electron chi connectivity index (χ1n) is 6.54. The summed E-state index contributed by atoms with van der Waals surface area (Å²) in [5.74, 6) is 1.28. The predicted octanol–water partition coefficient (Wildman–Crippen LogP) is 0.318. The number of piperazine rings is 1. The number of aryl methyl sites for hydroxylation is 1. The van der Waals surface area contributed by atoms with Gasteiger partial charge in [0.15, 0.2) is 5.76 Å². The van der Waals surface area contributed by atoms with Crippen LogP contribution in [0, 0.1) is 6.92 Å². The smallest absolute Gasteiger partial charge is 0.289 e. The topological polar surface area (TPSA) is 48.7 Å². The average Bonchev–Trinajstić information content (AvgIpc) is 2.74. The standard InChI is InChI=1S/C13H19N3O2/c1-10-2-3-12(18-10)13(17)16-6-4-15(5-7-16)11-8-14-9-11/h2-3,11,14H,4-9H2,1H3. The molecule has 0 atom stereocenters. The highest BCUT2D eigenvalue weighted by Crippen LogP contribution is 2.14. The number of rotatable bonds is 2. The lowest BCUT2D eigenvalue weighted by Crippen LogP contribution is -2.62. The fourth-order valence-corrected chi connectivity index (χ4v) is 2.53. The molecular formula is C13H19N3O2. The van der Waals surface area contributed by atoms with Crippen LogP contribution in [0.1, 0.15) is 16.3 Å². The number of nitrogens with one attached hydrogen (secondary N) is 1. The maximum Gasteiger partial charge on any atom is 0.289 e. The fraction of sp³-hybridized carbons (Fsp3) is 0.615. The molecule has 5 nitrogen and oxygen atoms in total. The summed E-state index contributed by atoms with van der Waals surface area (Å²) < 4.78 is 5.39. The molecule has 18 heavy (non-hydrogen) atoms. The van der Waals surface area contributed by atoms with Crippen LogP contribution in [0.5, 0.6) is 0 Å². The van der Waals surface area contributed by atoms with Crippen molar-refractivity contribution in [3.05, 3.63) is 23.7 Å². The number of nitrogens with zero attached hydrogens (tertiary/aromatic N) is 2. The third-order valence-electron chi connectivity index (χ3n) is 3.83. The lowest BCUT2D eigenvalue weighted by atomic mass is 10.1. The summed E-state index contributed by atoms with van der Waals surface area (Å²) >= 11 is 0. The molecule has 5 heteroatoms. The van der Waals surface area contributed by atoms with Gasteiger partial charge in [0.2, 0.25) is 0 Å². The van der Waals surface area contributed by atoms with E-state index in [9.17, 15) is 4.79 Å². The van der Waals surface area contributed by atoms with Gasteiger partial charge in [-0.05, 0) is 19.1 Å². The van der Waals surface area contributed by atoms with Crippen LogP contribution in [0.4, 0.5) is 0 Å². The van der Waals surface area contributed by atoms with Gasteiger partial charge in [-0.25, -0.2) is 0 Å². The SMILES string of the molecule is Cc1ccc(C(=O)N2CCN(C3CNC3)CC2)o1. The summed E-state index contributed by atoms with van der Waals surface area (Å²) in [5, 5.41) is 3.28. The highest BCUT2D eigenvalue weighted by atomic mass is 16.3. The summed E-state index contributed by atoms with van der Waals surface area (Å²) in [7, 11) is 0. The third kappa shape index (κ3) is 2.15. The monoisotopic (exact) mass is 249 g/mol. The van der Waals surface area contributed by atoms with Gasteiger partial charge in [0.1, 0.15) is 5.76 Å². The molecule has 0 aliphatic carbocycles. The highest BCUT2D eigenvalue weighted by molar-refractivity contribution is 5.91. The highest BCUT2D eigenvalue weighted by Gasteiger charge is 2.30. The minimum atomic E-state index is 0.0227. The molecule has 2 aliphatic rings. The zero-order chi connectivity index (χ0) is 12.5.